The van der Waals surface area contributed by atoms with Gasteiger partial charge in [0.25, 0.3) is 0 Å². The van der Waals surface area contributed by atoms with E-state index < -0.39 is 0 Å². The molecule has 1 aromatic rings. The zero-order valence-corrected chi connectivity index (χ0v) is 12.1. The number of amides is 3. The monoisotopic (exact) mass is 288 g/mol. The fourth-order valence-corrected chi connectivity index (χ4v) is 2.95. The Labute approximate surface area is 123 Å². The van der Waals surface area contributed by atoms with Gasteiger partial charge in [-0.2, -0.15) is 0 Å². The van der Waals surface area contributed by atoms with Crippen molar-refractivity contribution in [2.45, 2.75) is 18.5 Å². The minimum atomic E-state index is -0.204. The molecule has 1 aliphatic carbocycles. The summed E-state index contributed by atoms with van der Waals surface area (Å²) in [6, 6.07) is 7.49. The fourth-order valence-electron chi connectivity index (χ4n) is 2.95. The van der Waals surface area contributed by atoms with Crippen molar-refractivity contribution in [3.8, 4) is 0 Å². The molecule has 3 rings (SSSR count). The van der Waals surface area contributed by atoms with Crippen molar-refractivity contribution < 1.29 is 9.59 Å². The molecule has 1 heterocycles. The van der Waals surface area contributed by atoms with Crippen LogP contribution in [0.25, 0.3) is 0 Å². The van der Waals surface area contributed by atoms with Gasteiger partial charge in [0.1, 0.15) is 6.54 Å². The fraction of sp³-hybridized carbons (Fsp3) is 0.467. The third kappa shape index (κ3) is 2.58. The summed E-state index contributed by atoms with van der Waals surface area (Å²) >= 11 is 0. The Kier molecular flexibility index (Phi) is 3.55. The molecular weight excluding hydrogens is 268 g/mol. The molecule has 1 saturated heterocycles. The quantitative estimate of drug-likeness (QED) is 0.769. The maximum absolute atomic E-state index is 12.3. The van der Waals surface area contributed by atoms with Crippen molar-refractivity contribution >= 4 is 11.9 Å². The molecule has 6 nitrogen and oxygen atoms in total. The normalized spacial score (nSPS) is 25.0. The van der Waals surface area contributed by atoms with Crippen LogP contribution in [-0.4, -0.2) is 54.5 Å². The predicted molar refractivity (Wildman–Crippen MR) is 78.6 cm³/mol. The molecule has 2 aliphatic rings. The van der Waals surface area contributed by atoms with Gasteiger partial charge in [-0.05, 0) is 17.5 Å². The summed E-state index contributed by atoms with van der Waals surface area (Å²) in [6.45, 7) is 1.27. The third-order valence-corrected chi connectivity index (χ3v) is 4.34. The largest absolute Gasteiger partial charge is 0.342 e. The van der Waals surface area contributed by atoms with E-state index in [1.807, 2.05) is 24.3 Å². The van der Waals surface area contributed by atoms with Gasteiger partial charge in [-0.3, -0.25) is 4.79 Å². The average molecular weight is 288 g/mol. The molecular formula is C15H20N4O2. The molecule has 0 saturated carbocycles. The van der Waals surface area contributed by atoms with Crippen molar-refractivity contribution in [1.29, 1.82) is 0 Å². The van der Waals surface area contributed by atoms with E-state index in [-0.39, 0.29) is 30.6 Å². The predicted octanol–water partition coefficient (Wildman–Crippen LogP) is 0.0947. The summed E-state index contributed by atoms with van der Waals surface area (Å²) in [6.07, 6.45) is 0.741. The van der Waals surface area contributed by atoms with Gasteiger partial charge < -0.3 is 20.9 Å². The molecule has 112 valence electrons. The van der Waals surface area contributed by atoms with Crippen molar-refractivity contribution in [1.82, 2.24) is 15.1 Å². The molecule has 0 unspecified atom stereocenters. The van der Waals surface area contributed by atoms with E-state index in [2.05, 4.69) is 5.32 Å². The van der Waals surface area contributed by atoms with E-state index in [1.54, 1.807) is 16.8 Å². The number of carbonyl (C=O) groups is 2. The highest BCUT2D eigenvalue weighted by Crippen LogP contribution is 2.29. The maximum atomic E-state index is 12.3. The number of nitrogens with zero attached hydrogens (tertiary/aromatic N) is 2. The number of rotatable bonds is 1. The molecule has 0 spiro atoms. The number of piperazine rings is 1. The molecule has 3 N–H and O–H groups in total. The number of nitrogens with two attached hydrogens (primary N) is 1. The Bertz CT molecular complexity index is 575. The molecule has 6 heteroatoms. The van der Waals surface area contributed by atoms with Gasteiger partial charge in [-0.1, -0.05) is 24.3 Å². The van der Waals surface area contributed by atoms with Crippen molar-refractivity contribution in [3.05, 3.63) is 35.4 Å². The molecule has 1 fully saturated rings. The first-order valence-corrected chi connectivity index (χ1v) is 7.19. The highest BCUT2D eigenvalue weighted by molar-refractivity contribution is 5.85. The zero-order valence-electron chi connectivity index (χ0n) is 12.1. The Morgan fingerprint density at radius 3 is 2.81 bits per heavy atom. The average Bonchev–Trinajstić information content (AvgIpc) is 2.79. The summed E-state index contributed by atoms with van der Waals surface area (Å²) in [5, 5.41) is 2.97. The van der Waals surface area contributed by atoms with Gasteiger partial charge in [0, 0.05) is 20.1 Å². The minimum absolute atomic E-state index is 0.0320. The molecule has 0 radical (unpaired) electrons. The van der Waals surface area contributed by atoms with Gasteiger partial charge in [0.15, 0.2) is 0 Å². The van der Waals surface area contributed by atoms with E-state index in [0.29, 0.717) is 13.1 Å². The van der Waals surface area contributed by atoms with Crippen LogP contribution in [0.2, 0.25) is 0 Å². The van der Waals surface area contributed by atoms with E-state index in [9.17, 15) is 9.59 Å². The van der Waals surface area contributed by atoms with Crippen LogP contribution in [0.15, 0.2) is 24.3 Å². The lowest BCUT2D eigenvalue weighted by Gasteiger charge is -2.33. The third-order valence-electron chi connectivity index (χ3n) is 4.34. The summed E-state index contributed by atoms with van der Waals surface area (Å²) < 4.78 is 0. The van der Waals surface area contributed by atoms with Crippen LogP contribution in [-0.2, 0) is 11.2 Å². The molecule has 2 atom stereocenters. The van der Waals surface area contributed by atoms with Gasteiger partial charge in [-0.25, -0.2) is 4.79 Å². The first-order chi connectivity index (χ1) is 10.1. The summed E-state index contributed by atoms with van der Waals surface area (Å²) in [4.78, 5) is 27.2. The summed E-state index contributed by atoms with van der Waals surface area (Å²) in [5.41, 5.74) is 8.49. The topological polar surface area (TPSA) is 78.7 Å². The molecule has 3 amide bonds. The lowest BCUT2D eigenvalue weighted by molar-refractivity contribution is -0.133. The van der Waals surface area contributed by atoms with Crippen LogP contribution in [0.5, 0.6) is 0 Å². The summed E-state index contributed by atoms with van der Waals surface area (Å²) in [7, 11) is 1.75. The Hall–Kier alpha value is -2.08. The number of carbonyl (C=O) groups excluding carboxylic acids is 2. The van der Waals surface area contributed by atoms with Crippen LogP contribution in [0, 0.1) is 0 Å². The van der Waals surface area contributed by atoms with E-state index in [4.69, 9.17) is 5.73 Å². The first kappa shape index (κ1) is 13.9. The van der Waals surface area contributed by atoms with E-state index in [1.165, 1.54) is 5.56 Å². The van der Waals surface area contributed by atoms with Gasteiger partial charge in [0.05, 0.1) is 12.1 Å². The maximum Gasteiger partial charge on any atom is 0.318 e. The number of likely N-dealkylation sites (N-methyl/N-ethyl adjacent to an activating group) is 1. The lowest BCUT2D eigenvalue weighted by atomic mass is 10.1. The number of nitrogens with one attached hydrogen (secondary N) is 1. The number of benzene rings is 1. The van der Waals surface area contributed by atoms with Crippen molar-refractivity contribution in [2.24, 2.45) is 5.73 Å². The number of hydrogen-bond donors (Lipinski definition) is 2. The molecule has 0 bridgehead atoms. The highest BCUT2D eigenvalue weighted by Gasteiger charge is 2.33. The van der Waals surface area contributed by atoms with Crippen LogP contribution >= 0.6 is 0 Å². The Balaban J connectivity index is 1.63. The number of urea groups is 1. The van der Waals surface area contributed by atoms with Crippen molar-refractivity contribution in [3.63, 3.8) is 0 Å². The summed E-state index contributed by atoms with van der Waals surface area (Å²) in [5.74, 6) is -0.0320. The van der Waals surface area contributed by atoms with E-state index in [0.717, 1.165) is 12.0 Å². The Morgan fingerprint density at radius 1 is 1.33 bits per heavy atom. The Morgan fingerprint density at radius 2 is 2.10 bits per heavy atom. The minimum Gasteiger partial charge on any atom is -0.342 e. The van der Waals surface area contributed by atoms with Gasteiger partial charge in [0.2, 0.25) is 5.91 Å². The second kappa shape index (κ2) is 5.37. The van der Waals surface area contributed by atoms with Crippen LogP contribution in [0.4, 0.5) is 4.79 Å². The molecule has 1 aromatic carbocycles. The first-order valence-electron chi connectivity index (χ1n) is 7.19. The second-order valence-corrected chi connectivity index (χ2v) is 5.72. The number of fused-ring (bicyclic) bond motifs is 1. The standard InChI is InChI=1S/C15H20N4O2/c1-18-6-7-19(9-13(18)20)15(21)17-12-8-10-4-2-3-5-11(10)14(12)16/h2-5,12,14H,6-9,16H2,1H3,(H,17,21)/t12-,14-/m1/s1. The molecule has 1 aliphatic heterocycles. The molecule has 0 aromatic heterocycles. The van der Waals surface area contributed by atoms with Gasteiger partial charge >= 0.3 is 6.03 Å². The van der Waals surface area contributed by atoms with Crippen molar-refractivity contribution in [2.75, 3.05) is 26.7 Å². The SMILES string of the molecule is CN1CCN(C(=O)N[C@@H]2Cc3ccccc3[C@H]2N)CC1=O. The highest BCUT2D eigenvalue weighted by atomic mass is 16.2. The van der Waals surface area contributed by atoms with Crippen LogP contribution in [0.1, 0.15) is 17.2 Å². The van der Waals surface area contributed by atoms with E-state index >= 15 is 0 Å². The van der Waals surface area contributed by atoms with Crippen LogP contribution < -0.4 is 11.1 Å². The second-order valence-electron chi connectivity index (χ2n) is 5.72. The van der Waals surface area contributed by atoms with Crippen LogP contribution in [0.3, 0.4) is 0 Å². The van der Waals surface area contributed by atoms with Gasteiger partial charge in [-0.15, -0.1) is 0 Å². The molecule has 21 heavy (non-hydrogen) atoms. The zero-order chi connectivity index (χ0) is 15.0. The number of hydrogen-bond acceptors (Lipinski definition) is 3. The smallest absolute Gasteiger partial charge is 0.318 e. The lowest BCUT2D eigenvalue weighted by Crippen LogP contribution is -2.55.